The van der Waals surface area contributed by atoms with Gasteiger partial charge in [0.05, 0.1) is 0 Å². The summed E-state index contributed by atoms with van der Waals surface area (Å²) in [6.45, 7) is 0. The van der Waals surface area contributed by atoms with Crippen molar-refractivity contribution in [1.29, 1.82) is 0 Å². The minimum absolute atomic E-state index is 0.668. The van der Waals surface area contributed by atoms with E-state index in [0.29, 0.717) is 5.19 Å². The van der Waals surface area contributed by atoms with Crippen LogP contribution in [0.4, 0.5) is 0 Å². The van der Waals surface area contributed by atoms with Crippen molar-refractivity contribution >= 4 is 11.3 Å². The second-order valence-corrected chi connectivity index (χ2v) is 2.99. The van der Waals surface area contributed by atoms with E-state index < -0.39 is 0 Å². The van der Waals surface area contributed by atoms with E-state index in [1.807, 2.05) is 29.6 Å². The molecule has 1 radical (unpaired) electrons. The van der Waals surface area contributed by atoms with Gasteiger partial charge in [-0.25, -0.2) is 4.98 Å². The van der Waals surface area contributed by atoms with E-state index in [0.717, 1.165) is 5.75 Å². The SMILES string of the molecule is [c]1ccc(Oc2nccs2)cc1. The van der Waals surface area contributed by atoms with Gasteiger partial charge in [-0.15, -0.1) is 0 Å². The average molecular weight is 176 g/mol. The Hall–Kier alpha value is -1.35. The maximum atomic E-state index is 5.41. The fourth-order valence-corrected chi connectivity index (χ4v) is 1.31. The van der Waals surface area contributed by atoms with E-state index in [9.17, 15) is 0 Å². The first-order valence-electron chi connectivity index (χ1n) is 3.48. The highest BCUT2D eigenvalue weighted by molar-refractivity contribution is 7.11. The van der Waals surface area contributed by atoms with Crippen LogP contribution in [0.25, 0.3) is 0 Å². The molecule has 0 amide bonds. The molecule has 59 valence electrons. The van der Waals surface area contributed by atoms with Crippen LogP contribution < -0.4 is 4.74 Å². The normalized spacial score (nSPS) is 9.67. The Morgan fingerprint density at radius 3 is 2.83 bits per heavy atom. The van der Waals surface area contributed by atoms with Crippen LogP contribution in [0, 0.1) is 6.07 Å². The largest absolute Gasteiger partial charge is 0.431 e. The molecule has 0 aliphatic rings. The van der Waals surface area contributed by atoms with Gasteiger partial charge in [0.25, 0.3) is 5.19 Å². The van der Waals surface area contributed by atoms with Gasteiger partial charge in [-0.3, -0.25) is 0 Å². The van der Waals surface area contributed by atoms with Crippen LogP contribution in [0.1, 0.15) is 0 Å². The lowest BCUT2D eigenvalue weighted by atomic mass is 10.3. The summed E-state index contributed by atoms with van der Waals surface area (Å²) in [5, 5.41) is 2.55. The van der Waals surface area contributed by atoms with Gasteiger partial charge in [-0.2, -0.15) is 0 Å². The summed E-state index contributed by atoms with van der Waals surface area (Å²) in [5.41, 5.74) is 0. The van der Waals surface area contributed by atoms with Gasteiger partial charge < -0.3 is 4.74 Å². The Morgan fingerprint density at radius 1 is 1.33 bits per heavy atom. The minimum atomic E-state index is 0.668. The van der Waals surface area contributed by atoms with Crippen LogP contribution in [-0.2, 0) is 0 Å². The molecule has 0 unspecified atom stereocenters. The van der Waals surface area contributed by atoms with E-state index in [2.05, 4.69) is 11.1 Å². The molecule has 0 aliphatic carbocycles. The first kappa shape index (κ1) is 7.31. The Balaban J connectivity index is 2.15. The second-order valence-electron chi connectivity index (χ2n) is 2.14. The van der Waals surface area contributed by atoms with Crippen LogP contribution >= 0.6 is 11.3 Å². The molecule has 0 N–H and O–H groups in total. The highest BCUT2D eigenvalue weighted by atomic mass is 32.1. The summed E-state index contributed by atoms with van der Waals surface area (Å²) in [6.07, 6.45) is 1.72. The maximum absolute atomic E-state index is 5.41. The molecular formula is C9H6NOS. The molecule has 0 atom stereocenters. The van der Waals surface area contributed by atoms with Crippen LogP contribution in [0.15, 0.2) is 35.8 Å². The molecule has 2 aromatic rings. The van der Waals surface area contributed by atoms with E-state index >= 15 is 0 Å². The Bertz CT molecular complexity index is 331. The van der Waals surface area contributed by atoms with Gasteiger partial charge >= 0.3 is 0 Å². The number of ether oxygens (including phenoxy) is 1. The highest BCUT2D eigenvalue weighted by Gasteiger charge is 1.96. The van der Waals surface area contributed by atoms with Crippen molar-refractivity contribution in [3.8, 4) is 10.9 Å². The van der Waals surface area contributed by atoms with Crippen LogP contribution in [0.5, 0.6) is 10.9 Å². The molecule has 0 spiro atoms. The topological polar surface area (TPSA) is 22.1 Å². The zero-order valence-electron chi connectivity index (χ0n) is 6.23. The third kappa shape index (κ3) is 1.62. The Labute approximate surface area is 74.5 Å². The number of hydrogen-bond acceptors (Lipinski definition) is 3. The molecule has 0 saturated carbocycles. The van der Waals surface area contributed by atoms with Crippen LogP contribution in [-0.4, -0.2) is 4.98 Å². The molecule has 2 nitrogen and oxygen atoms in total. The lowest BCUT2D eigenvalue weighted by Crippen LogP contribution is -1.80. The van der Waals surface area contributed by atoms with Gasteiger partial charge in [-0.1, -0.05) is 23.5 Å². The summed E-state index contributed by atoms with van der Waals surface area (Å²) in [6, 6.07) is 10.2. The fourth-order valence-electron chi connectivity index (χ4n) is 0.801. The molecular weight excluding hydrogens is 170 g/mol. The maximum Gasteiger partial charge on any atom is 0.278 e. The molecule has 0 bridgehead atoms. The van der Waals surface area contributed by atoms with Crippen molar-refractivity contribution in [2.24, 2.45) is 0 Å². The lowest BCUT2D eigenvalue weighted by molar-refractivity contribution is 0.479. The fraction of sp³-hybridized carbons (Fsp3) is 0. The number of thiazole rings is 1. The molecule has 0 saturated heterocycles. The van der Waals surface area contributed by atoms with Gasteiger partial charge in [0.1, 0.15) is 5.75 Å². The number of rotatable bonds is 2. The zero-order chi connectivity index (χ0) is 8.23. The van der Waals surface area contributed by atoms with Crippen LogP contribution in [0.2, 0.25) is 0 Å². The van der Waals surface area contributed by atoms with Crippen molar-refractivity contribution in [2.75, 3.05) is 0 Å². The van der Waals surface area contributed by atoms with Crippen molar-refractivity contribution in [3.63, 3.8) is 0 Å². The summed E-state index contributed by atoms with van der Waals surface area (Å²) >= 11 is 1.47. The lowest BCUT2D eigenvalue weighted by Gasteiger charge is -1.98. The van der Waals surface area contributed by atoms with Crippen molar-refractivity contribution in [1.82, 2.24) is 4.98 Å². The predicted molar refractivity (Wildman–Crippen MR) is 47.5 cm³/mol. The molecule has 1 aromatic carbocycles. The quantitative estimate of drug-likeness (QED) is 0.701. The third-order valence-electron chi connectivity index (χ3n) is 1.30. The van der Waals surface area contributed by atoms with Gasteiger partial charge in [0.2, 0.25) is 0 Å². The smallest absolute Gasteiger partial charge is 0.278 e. The van der Waals surface area contributed by atoms with Crippen LogP contribution in [0.3, 0.4) is 0 Å². The minimum Gasteiger partial charge on any atom is -0.431 e. The summed E-state index contributed by atoms with van der Waals surface area (Å²) in [7, 11) is 0. The Kier molecular flexibility index (Phi) is 2.05. The van der Waals surface area contributed by atoms with E-state index in [4.69, 9.17) is 4.74 Å². The molecule has 3 heteroatoms. The summed E-state index contributed by atoms with van der Waals surface area (Å²) < 4.78 is 5.41. The van der Waals surface area contributed by atoms with E-state index in [1.165, 1.54) is 11.3 Å². The van der Waals surface area contributed by atoms with E-state index in [1.54, 1.807) is 6.20 Å². The average Bonchev–Trinajstić information content (AvgIpc) is 2.59. The predicted octanol–water partition coefficient (Wildman–Crippen LogP) is 2.74. The van der Waals surface area contributed by atoms with Gasteiger partial charge in [0, 0.05) is 11.6 Å². The number of benzene rings is 1. The third-order valence-corrected chi connectivity index (χ3v) is 1.95. The monoisotopic (exact) mass is 176 g/mol. The number of aromatic nitrogens is 1. The summed E-state index contributed by atoms with van der Waals surface area (Å²) in [4.78, 5) is 4.00. The first-order chi connectivity index (χ1) is 5.95. The second kappa shape index (κ2) is 3.36. The molecule has 0 aliphatic heterocycles. The highest BCUT2D eigenvalue weighted by Crippen LogP contribution is 2.21. The van der Waals surface area contributed by atoms with Crippen molar-refractivity contribution in [3.05, 3.63) is 41.9 Å². The molecule has 0 fully saturated rings. The molecule has 1 heterocycles. The molecule has 1 aromatic heterocycles. The van der Waals surface area contributed by atoms with E-state index in [-0.39, 0.29) is 0 Å². The van der Waals surface area contributed by atoms with Gasteiger partial charge in [-0.05, 0) is 18.2 Å². The molecule has 12 heavy (non-hydrogen) atoms. The number of nitrogens with zero attached hydrogens (tertiary/aromatic N) is 1. The Morgan fingerprint density at radius 2 is 2.17 bits per heavy atom. The molecule has 2 rings (SSSR count). The van der Waals surface area contributed by atoms with Crippen molar-refractivity contribution < 1.29 is 4.74 Å². The van der Waals surface area contributed by atoms with Crippen molar-refractivity contribution in [2.45, 2.75) is 0 Å². The summed E-state index contributed by atoms with van der Waals surface area (Å²) in [5.74, 6) is 0.795. The number of hydrogen-bond donors (Lipinski definition) is 0. The standard InChI is InChI=1S/C9H6NOS/c1-2-4-8(5-3-1)11-9-10-6-7-12-9/h2-7H. The van der Waals surface area contributed by atoms with Gasteiger partial charge in [0.15, 0.2) is 0 Å². The zero-order valence-corrected chi connectivity index (χ0v) is 7.04. The first-order valence-corrected chi connectivity index (χ1v) is 4.36.